The van der Waals surface area contributed by atoms with Crippen LogP contribution in [0.1, 0.15) is 47.7 Å². The summed E-state index contributed by atoms with van der Waals surface area (Å²) in [7, 11) is 0. The minimum Gasteiger partial charge on any atom is -0.350 e. The number of benzene rings is 1. The molecule has 1 saturated heterocycles. The number of hydrogen-bond acceptors (Lipinski definition) is 5. The van der Waals surface area contributed by atoms with Gasteiger partial charge in [0.05, 0.1) is 22.0 Å². The second kappa shape index (κ2) is 9.30. The van der Waals surface area contributed by atoms with E-state index in [0.29, 0.717) is 11.3 Å². The molecule has 2 aromatic rings. The van der Waals surface area contributed by atoms with Gasteiger partial charge in [-0.25, -0.2) is 4.98 Å². The average Bonchev–Trinajstić information content (AvgIpc) is 3.07. The number of aromatic nitrogens is 1. The number of carbonyl (C=O) groups excluding carboxylic acids is 2. The molecule has 7 heteroatoms. The summed E-state index contributed by atoms with van der Waals surface area (Å²) in [5.41, 5.74) is 2.18. The molecule has 2 heterocycles. The normalized spacial score (nSPS) is 15.6. The fraction of sp³-hybridized carbons (Fsp3) is 0.476. The lowest BCUT2D eigenvalue weighted by molar-refractivity contribution is -0.121. The monoisotopic (exact) mass is 400 g/mol. The lowest BCUT2D eigenvalue weighted by atomic mass is 9.95. The maximum absolute atomic E-state index is 12.8. The van der Waals surface area contributed by atoms with Gasteiger partial charge >= 0.3 is 0 Å². The second-order valence-electron chi connectivity index (χ2n) is 7.57. The molecule has 3 rings (SSSR count). The van der Waals surface area contributed by atoms with Crippen molar-refractivity contribution in [2.75, 3.05) is 18.4 Å². The topological polar surface area (TPSA) is 74.3 Å². The number of nitrogens with one attached hydrogen (secondary N) is 2. The van der Waals surface area contributed by atoms with Crippen molar-refractivity contribution in [2.45, 2.75) is 46.2 Å². The predicted molar refractivity (Wildman–Crippen MR) is 113 cm³/mol. The molecule has 1 aliphatic rings. The van der Waals surface area contributed by atoms with Gasteiger partial charge in [-0.05, 0) is 58.8 Å². The summed E-state index contributed by atoms with van der Waals surface area (Å²) in [5.74, 6) is -0.206. The first-order valence-corrected chi connectivity index (χ1v) is 10.6. The molecule has 1 aliphatic heterocycles. The SMILES string of the molecule is Cc1nc(CN2CCC(C(=O)Nc3ccccc3C(=O)NC(C)C)CC2)cs1. The lowest BCUT2D eigenvalue weighted by Gasteiger charge is -2.30. The zero-order valence-electron chi connectivity index (χ0n) is 16.7. The van der Waals surface area contributed by atoms with Gasteiger partial charge in [-0.3, -0.25) is 14.5 Å². The van der Waals surface area contributed by atoms with Crippen molar-refractivity contribution >= 4 is 28.8 Å². The minimum absolute atomic E-state index is 0.00560. The van der Waals surface area contributed by atoms with Crippen LogP contribution in [0.3, 0.4) is 0 Å². The Morgan fingerprint density at radius 1 is 1.25 bits per heavy atom. The van der Waals surface area contributed by atoms with Crippen molar-refractivity contribution in [2.24, 2.45) is 5.92 Å². The van der Waals surface area contributed by atoms with E-state index >= 15 is 0 Å². The highest BCUT2D eigenvalue weighted by atomic mass is 32.1. The third kappa shape index (κ3) is 5.39. The Kier molecular flexibility index (Phi) is 6.80. The molecule has 0 bridgehead atoms. The molecule has 0 aliphatic carbocycles. The number of hydrogen-bond donors (Lipinski definition) is 2. The fourth-order valence-electron chi connectivity index (χ4n) is 3.43. The van der Waals surface area contributed by atoms with Crippen LogP contribution in [0.5, 0.6) is 0 Å². The molecule has 0 atom stereocenters. The van der Waals surface area contributed by atoms with E-state index in [2.05, 4.69) is 25.9 Å². The van der Waals surface area contributed by atoms with Gasteiger partial charge in [0.1, 0.15) is 0 Å². The molecule has 0 unspecified atom stereocenters. The zero-order chi connectivity index (χ0) is 20.1. The van der Waals surface area contributed by atoms with E-state index in [0.717, 1.165) is 43.2 Å². The summed E-state index contributed by atoms with van der Waals surface area (Å²) in [6, 6.07) is 7.21. The van der Waals surface area contributed by atoms with Crippen LogP contribution >= 0.6 is 11.3 Å². The lowest BCUT2D eigenvalue weighted by Crippen LogP contribution is -2.38. The van der Waals surface area contributed by atoms with E-state index in [4.69, 9.17) is 0 Å². The Morgan fingerprint density at radius 2 is 1.96 bits per heavy atom. The molecule has 150 valence electrons. The number of likely N-dealkylation sites (tertiary alicyclic amines) is 1. The van der Waals surface area contributed by atoms with E-state index in [1.54, 1.807) is 23.5 Å². The maximum atomic E-state index is 12.8. The number of nitrogens with zero attached hydrogens (tertiary/aromatic N) is 2. The van der Waals surface area contributed by atoms with Crippen LogP contribution in [0.15, 0.2) is 29.6 Å². The highest BCUT2D eigenvalue weighted by molar-refractivity contribution is 7.09. The van der Waals surface area contributed by atoms with E-state index in [-0.39, 0.29) is 23.8 Å². The van der Waals surface area contributed by atoms with Gasteiger partial charge in [0.15, 0.2) is 0 Å². The third-order valence-corrected chi connectivity index (χ3v) is 5.68. The first kappa shape index (κ1) is 20.5. The molecule has 0 spiro atoms. The van der Waals surface area contributed by atoms with Crippen molar-refractivity contribution in [1.82, 2.24) is 15.2 Å². The van der Waals surface area contributed by atoms with Gasteiger partial charge in [-0.15, -0.1) is 11.3 Å². The maximum Gasteiger partial charge on any atom is 0.253 e. The van der Waals surface area contributed by atoms with Crippen molar-refractivity contribution in [3.05, 3.63) is 45.9 Å². The van der Waals surface area contributed by atoms with Crippen LogP contribution in [0.2, 0.25) is 0 Å². The number of anilines is 1. The Hall–Kier alpha value is -2.25. The predicted octanol–water partition coefficient (Wildman–Crippen LogP) is 3.44. The van der Waals surface area contributed by atoms with Gasteiger partial charge in [-0.1, -0.05) is 12.1 Å². The fourth-order valence-corrected chi connectivity index (χ4v) is 4.03. The van der Waals surface area contributed by atoms with E-state index < -0.39 is 0 Å². The highest BCUT2D eigenvalue weighted by Gasteiger charge is 2.26. The zero-order valence-corrected chi connectivity index (χ0v) is 17.5. The number of para-hydroxylation sites is 1. The van der Waals surface area contributed by atoms with Crippen LogP contribution in [-0.2, 0) is 11.3 Å². The molecule has 0 radical (unpaired) electrons. The minimum atomic E-state index is -0.167. The van der Waals surface area contributed by atoms with Gasteiger partial charge in [0.2, 0.25) is 5.91 Å². The van der Waals surface area contributed by atoms with Gasteiger partial charge in [0.25, 0.3) is 5.91 Å². The number of piperidine rings is 1. The molecule has 1 aromatic carbocycles. The van der Waals surface area contributed by atoms with Crippen LogP contribution in [0, 0.1) is 12.8 Å². The van der Waals surface area contributed by atoms with Crippen molar-refractivity contribution in [3.8, 4) is 0 Å². The largest absolute Gasteiger partial charge is 0.350 e. The van der Waals surface area contributed by atoms with Crippen molar-refractivity contribution in [1.29, 1.82) is 0 Å². The smallest absolute Gasteiger partial charge is 0.253 e. The molecule has 0 saturated carbocycles. The summed E-state index contributed by atoms with van der Waals surface area (Å²) in [6.45, 7) is 8.45. The molecule has 1 fully saturated rings. The second-order valence-corrected chi connectivity index (χ2v) is 8.63. The number of carbonyl (C=O) groups is 2. The van der Waals surface area contributed by atoms with Crippen LogP contribution in [-0.4, -0.2) is 40.8 Å². The molecule has 28 heavy (non-hydrogen) atoms. The van der Waals surface area contributed by atoms with Crippen LogP contribution < -0.4 is 10.6 Å². The first-order valence-electron chi connectivity index (χ1n) is 9.76. The highest BCUT2D eigenvalue weighted by Crippen LogP contribution is 2.23. The summed E-state index contributed by atoms with van der Waals surface area (Å²) in [4.78, 5) is 32.0. The Morgan fingerprint density at radius 3 is 2.61 bits per heavy atom. The van der Waals surface area contributed by atoms with E-state index in [1.165, 1.54) is 0 Å². The molecule has 2 N–H and O–H groups in total. The number of thiazole rings is 1. The average molecular weight is 401 g/mol. The van der Waals surface area contributed by atoms with Crippen molar-refractivity contribution < 1.29 is 9.59 Å². The Bertz CT molecular complexity index is 825. The first-order chi connectivity index (χ1) is 13.4. The quantitative estimate of drug-likeness (QED) is 0.779. The summed E-state index contributed by atoms with van der Waals surface area (Å²) < 4.78 is 0. The number of amides is 2. The summed E-state index contributed by atoms with van der Waals surface area (Å²) in [5, 5.41) is 9.05. The third-order valence-electron chi connectivity index (χ3n) is 4.86. The molecule has 6 nitrogen and oxygen atoms in total. The molecular formula is C21H28N4O2S. The molecule has 1 aromatic heterocycles. The molecular weight excluding hydrogens is 372 g/mol. The van der Waals surface area contributed by atoms with E-state index in [1.807, 2.05) is 32.9 Å². The van der Waals surface area contributed by atoms with E-state index in [9.17, 15) is 9.59 Å². The summed E-state index contributed by atoms with van der Waals surface area (Å²) in [6.07, 6.45) is 1.63. The standard InChI is InChI=1S/C21H28N4O2S/c1-14(2)22-21(27)18-6-4-5-7-19(18)24-20(26)16-8-10-25(11-9-16)12-17-13-28-15(3)23-17/h4-7,13-14,16H,8-12H2,1-3H3,(H,22,27)(H,24,26). The summed E-state index contributed by atoms with van der Waals surface area (Å²) >= 11 is 1.67. The van der Waals surface area contributed by atoms with Crippen LogP contribution in [0.4, 0.5) is 5.69 Å². The van der Waals surface area contributed by atoms with Gasteiger partial charge in [-0.2, -0.15) is 0 Å². The number of aryl methyl sites for hydroxylation is 1. The Labute approximate surface area is 170 Å². The van der Waals surface area contributed by atoms with Gasteiger partial charge < -0.3 is 10.6 Å². The number of rotatable bonds is 6. The Balaban J connectivity index is 1.55. The molecule has 2 amide bonds. The van der Waals surface area contributed by atoms with Gasteiger partial charge in [0, 0.05) is 23.9 Å². The van der Waals surface area contributed by atoms with Crippen LogP contribution in [0.25, 0.3) is 0 Å². The van der Waals surface area contributed by atoms with Crippen molar-refractivity contribution in [3.63, 3.8) is 0 Å².